The van der Waals surface area contributed by atoms with E-state index in [1.54, 1.807) is 0 Å². The van der Waals surface area contributed by atoms with Crippen molar-refractivity contribution in [2.24, 2.45) is 11.7 Å². The minimum Gasteiger partial charge on any atom is -0.327 e. The standard InChI is InChI=1S/C15H21ClN2O/c1-10-6-7-14(12(16)8-10)18-15(19)9-11-4-2-3-5-13(11)17/h6-8,11,13H,2-5,9,17H2,1H3,(H,18,19). The molecule has 0 radical (unpaired) electrons. The Labute approximate surface area is 119 Å². The second-order valence-electron chi connectivity index (χ2n) is 5.44. The molecule has 4 heteroatoms. The molecular formula is C15H21ClN2O. The number of hydrogen-bond acceptors (Lipinski definition) is 2. The van der Waals surface area contributed by atoms with Gasteiger partial charge in [-0.2, -0.15) is 0 Å². The highest BCUT2D eigenvalue weighted by atomic mass is 35.5. The molecular weight excluding hydrogens is 260 g/mol. The van der Waals surface area contributed by atoms with Gasteiger partial charge in [-0.15, -0.1) is 0 Å². The van der Waals surface area contributed by atoms with Gasteiger partial charge in [0.05, 0.1) is 10.7 Å². The molecule has 0 heterocycles. The van der Waals surface area contributed by atoms with Crippen molar-refractivity contribution >= 4 is 23.2 Å². The SMILES string of the molecule is Cc1ccc(NC(=O)CC2CCCCC2N)c(Cl)c1. The van der Waals surface area contributed by atoms with Crippen LogP contribution in [0.5, 0.6) is 0 Å². The fourth-order valence-corrected chi connectivity index (χ4v) is 2.93. The number of benzene rings is 1. The molecule has 1 amide bonds. The van der Waals surface area contributed by atoms with E-state index in [0.29, 0.717) is 23.0 Å². The lowest BCUT2D eigenvalue weighted by atomic mass is 9.83. The van der Waals surface area contributed by atoms with E-state index in [0.717, 1.165) is 18.4 Å². The number of rotatable bonds is 3. The molecule has 1 aliphatic carbocycles. The third-order valence-electron chi connectivity index (χ3n) is 3.81. The van der Waals surface area contributed by atoms with Crippen LogP contribution in [0.15, 0.2) is 18.2 Å². The van der Waals surface area contributed by atoms with Crippen LogP contribution in [0, 0.1) is 12.8 Å². The molecule has 1 fully saturated rings. The van der Waals surface area contributed by atoms with Crippen molar-refractivity contribution in [2.75, 3.05) is 5.32 Å². The molecule has 2 unspecified atom stereocenters. The van der Waals surface area contributed by atoms with Gasteiger partial charge in [0.15, 0.2) is 0 Å². The van der Waals surface area contributed by atoms with Crippen molar-refractivity contribution in [3.8, 4) is 0 Å². The van der Waals surface area contributed by atoms with Gasteiger partial charge in [-0.3, -0.25) is 4.79 Å². The highest BCUT2D eigenvalue weighted by molar-refractivity contribution is 6.33. The van der Waals surface area contributed by atoms with Gasteiger partial charge in [0.1, 0.15) is 0 Å². The Morgan fingerprint density at radius 2 is 2.16 bits per heavy atom. The third kappa shape index (κ3) is 3.95. The summed E-state index contributed by atoms with van der Waals surface area (Å²) in [7, 11) is 0. The Morgan fingerprint density at radius 3 is 2.84 bits per heavy atom. The van der Waals surface area contributed by atoms with Crippen LogP contribution in [-0.4, -0.2) is 11.9 Å². The quantitative estimate of drug-likeness (QED) is 0.890. The zero-order chi connectivity index (χ0) is 13.8. The summed E-state index contributed by atoms with van der Waals surface area (Å²) >= 11 is 6.11. The molecule has 0 spiro atoms. The first-order chi connectivity index (χ1) is 9.06. The first-order valence-corrected chi connectivity index (χ1v) is 7.25. The molecule has 0 aliphatic heterocycles. The van der Waals surface area contributed by atoms with Crippen LogP contribution in [0.4, 0.5) is 5.69 Å². The number of carbonyl (C=O) groups is 1. The number of hydrogen-bond donors (Lipinski definition) is 2. The fraction of sp³-hybridized carbons (Fsp3) is 0.533. The second kappa shape index (κ2) is 6.40. The molecule has 2 atom stereocenters. The second-order valence-corrected chi connectivity index (χ2v) is 5.85. The van der Waals surface area contributed by atoms with Crippen molar-refractivity contribution in [3.05, 3.63) is 28.8 Å². The van der Waals surface area contributed by atoms with Crippen LogP contribution in [0.3, 0.4) is 0 Å². The molecule has 1 aliphatic rings. The normalized spacial score (nSPS) is 23.1. The molecule has 1 aromatic rings. The van der Waals surface area contributed by atoms with E-state index in [1.165, 1.54) is 12.8 Å². The van der Waals surface area contributed by atoms with Gasteiger partial charge >= 0.3 is 0 Å². The van der Waals surface area contributed by atoms with E-state index < -0.39 is 0 Å². The number of halogens is 1. The van der Waals surface area contributed by atoms with Crippen LogP contribution >= 0.6 is 11.6 Å². The highest BCUT2D eigenvalue weighted by Gasteiger charge is 2.24. The van der Waals surface area contributed by atoms with Gasteiger partial charge < -0.3 is 11.1 Å². The minimum atomic E-state index is 0.00750. The summed E-state index contributed by atoms with van der Waals surface area (Å²) < 4.78 is 0. The number of anilines is 1. The maximum absolute atomic E-state index is 12.0. The molecule has 3 N–H and O–H groups in total. The number of nitrogens with two attached hydrogens (primary N) is 1. The Morgan fingerprint density at radius 1 is 1.42 bits per heavy atom. The molecule has 104 valence electrons. The van der Waals surface area contributed by atoms with E-state index in [1.807, 2.05) is 25.1 Å². The Balaban J connectivity index is 1.93. The predicted molar refractivity (Wildman–Crippen MR) is 79.4 cm³/mol. The summed E-state index contributed by atoms with van der Waals surface area (Å²) in [5.74, 6) is 0.311. The maximum atomic E-state index is 12.0. The average molecular weight is 281 g/mol. The van der Waals surface area contributed by atoms with Crippen molar-refractivity contribution in [1.82, 2.24) is 0 Å². The van der Waals surface area contributed by atoms with Crippen molar-refractivity contribution in [3.63, 3.8) is 0 Å². The van der Waals surface area contributed by atoms with E-state index in [-0.39, 0.29) is 11.9 Å². The first kappa shape index (κ1) is 14.4. The molecule has 2 rings (SSSR count). The number of nitrogens with one attached hydrogen (secondary N) is 1. The van der Waals surface area contributed by atoms with Crippen LogP contribution in [0.25, 0.3) is 0 Å². The maximum Gasteiger partial charge on any atom is 0.224 e. The van der Waals surface area contributed by atoms with Crippen molar-refractivity contribution < 1.29 is 4.79 Å². The van der Waals surface area contributed by atoms with Gasteiger partial charge in [-0.1, -0.05) is 30.5 Å². The van der Waals surface area contributed by atoms with E-state index >= 15 is 0 Å². The van der Waals surface area contributed by atoms with Gasteiger partial charge in [0, 0.05) is 12.5 Å². The third-order valence-corrected chi connectivity index (χ3v) is 4.13. The summed E-state index contributed by atoms with van der Waals surface area (Å²) in [4.78, 5) is 12.0. The van der Waals surface area contributed by atoms with E-state index in [2.05, 4.69) is 5.32 Å². The summed E-state index contributed by atoms with van der Waals surface area (Å²) in [5.41, 5.74) is 7.83. The summed E-state index contributed by atoms with van der Waals surface area (Å²) in [6.45, 7) is 1.97. The Kier molecular flexibility index (Phi) is 4.83. The number of carbonyl (C=O) groups excluding carboxylic acids is 1. The summed E-state index contributed by atoms with van der Waals surface area (Å²) in [6.07, 6.45) is 4.94. The van der Waals surface area contributed by atoms with Crippen LogP contribution in [0.2, 0.25) is 5.02 Å². The van der Waals surface area contributed by atoms with Crippen molar-refractivity contribution in [2.45, 2.75) is 45.1 Å². The van der Waals surface area contributed by atoms with Crippen LogP contribution in [0.1, 0.15) is 37.7 Å². The average Bonchev–Trinajstić information content (AvgIpc) is 2.36. The molecule has 1 saturated carbocycles. The van der Waals surface area contributed by atoms with Gasteiger partial charge in [-0.05, 0) is 43.4 Å². The summed E-state index contributed by atoms with van der Waals surface area (Å²) in [6, 6.07) is 5.79. The number of amides is 1. The van der Waals surface area contributed by atoms with Gasteiger partial charge in [0.2, 0.25) is 5.91 Å². The Bertz CT molecular complexity index is 461. The lowest BCUT2D eigenvalue weighted by molar-refractivity contribution is -0.117. The minimum absolute atomic E-state index is 0.00750. The van der Waals surface area contributed by atoms with Gasteiger partial charge in [-0.25, -0.2) is 0 Å². The Hall–Kier alpha value is -1.06. The zero-order valence-corrected chi connectivity index (χ0v) is 12.0. The molecule has 0 saturated heterocycles. The van der Waals surface area contributed by atoms with Crippen molar-refractivity contribution in [1.29, 1.82) is 0 Å². The molecule has 0 bridgehead atoms. The topological polar surface area (TPSA) is 55.1 Å². The predicted octanol–water partition coefficient (Wildman–Crippen LogP) is 3.49. The smallest absolute Gasteiger partial charge is 0.224 e. The monoisotopic (exact) mass is 280 g/mol. The van der Waals surface area contributed by atoms with Crippen LogP contribution < -0.4 is 11.1 Å². The molecule has 3 nitrogen and oxygen atoms in total. The van der Waals surface area contributed by atoms with E-state index in [9.17, 15) is 4.79 Å². The van der Waals surface area contributed by atoms with Gasteiger partial charge in [0.25, 0.3) is 0 Å². The molecule has 0 aromatic heterocycles. The zero-order valence-electron chi connectivity index (χ0n) is 11.3. The van der Waals surface area contributed by atoms with E-state index in [4.69, 9.17) is 17.3 Å². The first-order valence-electron chi connectivity index (χ1n) is 6.88. The molecule has 1 aromatic carbocycles. The molecule has 19 heavy (non-hydrogen) atoms. The fourth-order valence-electron chi connectivity index (χ4n) is 2.65. The number of aryl methyl sites for hydroxylation is 1. The highest BCUT2D eigenvalue weighted by Crippen LogP contribution is 2.27. The lowest BCUT2D eigenvalue weighted by Gasteiger charge is -2.28. The largest absolute Gasteiger partial charge is 0.327 e. The summed E-state index contributed by atoms with van der Waals surface area (Å²) in [5, 5.41) is 3.46. The lowest BCUT2D eigenvalue weighted by Crippen LogP contribution is -2.35. The van der Waals surface area contributed by atoms with Crippen LogP contribution in [-0.2, 0) is 4.79 Å².